The van der Waals surface area contributed by atoms with Gasteiger partial charge >= 0.3 is 0 Å². The van der Waals surface area contributed by atoms with E-state index in [1.807, 2.05) is 13.1 Å². The number of nitrogen functional groups attached to an aromatic ring is 1. The van der Waals surface area contributed by atoms with Crippen molar-refractivity contribution in [3.05, 3.63) is 33.8 Å². The van der Waals surface area contributed by atoms with E-state index >= 15 is 0 Å². The average molecular weight is 388 g/mol. The summed E-state index contributed by atoms with van der Waals surface area (Å²) < 4.78 is 0.986. The van der Waals surface area contributed by atoms with E-state index in [1.54, 1.807) is 0 Å². The monoisotopic (exact) mass is 387 g/mol. The van der Waals surface area contributed by atoms with Gasteiger partial charge in [-0.05, 0) is 56.6 Å². The van der Waals surface area contributed by atoms with Crippen molar-refractivity contribution >= 4 is 32.7 Å². The minimum absolute atomic E-state index is 0.643. The predicted molar refractivity (Wildman–Crippen MR) is 107 cm³/mol. The highest BCUT2D eigenvalue weighted by atomic mass is 79.9. The highest BCUT2D eigenvalue weighted by molar-refractivity contribution is 9.10. The van der Waals surface area contributed by atoms with Crippen LogP contribution in [-0.4, -0.2) is 18.6 Å². The first-order valence-electron chi connectivity index (χ1n) is 8.67. The first kappa shape index (κ1) is 18.8. The fourth-order valence-corrected chi connectivity index (χ4v) is 3.12. The topological polar surface area (TPSA) is 50.9 Å². The number of nitrogens with two attached hydrogens (primary N) is 1. The lowest BCUT2D eigenvalue weighted by Crippen LogP contribution is -2.06. The molecule has 0 aliphatic heterocycles. The number of hydrogen-bond donors (Lipinski definition) is 2. The lowest BCUT2D eigenvalue weighted by atomic mass is 10.0. The van der Waals surface area contributed by atoms with Crippen LogP contribution in [0.5, 0.6) is 0 Å². The van der Waals surface area contributed by atoms with Crippen molar-refractivity contribution < 1.29 is 0 Å². The Kier molecular flexibility index (Phi) is 7.55. The number of nitrogens with one attached hydrogen (secondary N) is 1. The zero-order valence-electron chi connectivity index (χ0n) is 14.6. The maximum Gasteiger partial charge on any atom is 0.127 e. The molecule has 0 unspecified atom stereocenters. The molecule has 1 aromatic carbocycles. The van der Waals surface area contributed by atoms with Crippen LogP contribution in [0.25, 0.3) is 10.9 Å². The van der Waals surface area contributed by atoms with E-state index in [-0.39, 0.29) is 0 Å². The molecule has 2 rings (SSSR count). The van der Waals surface area contributed by atoms with E-state index in [9.17, 15) is 0 Å². The van der Waals surface area contributed by atoms with Crippen molar-refractivity contribution in [2.24, 2.45) is 0 Å². The van der Waals surface area contributed by atoms with Gasteiger partial charge in [-0.25, -0.2) is 4.98 Å². The van der Waals surface area contributed by atoms with Gasteiger partial charge < -0.3 is 11.1 Å². The van der Waals surface area contributed by atoms with E-state index in [2.05, 4.69) is 57.1 Å². The summed E-state index contributed by atoms with van der Waals surface area (Å²) in [5.41, 5.74) is 9.22. The summed E-state index contributed by atoms with van der Waals surface area (Å²) >= 11 is 3.55. The summed E-state index contributed by atoms with van der Waals surface area (Å²) in [5, 5.41) is 4.24. The molecule has 0 radical (unpaired) electrons. The van der Waals surface area contributed by atoms with Crippen LogP contribution >= 0.6 is 15.9 Å². The summed E-state index contributed by atoms with van der Waals surface area (Å²) in [6, 6.07) is 6.26. The maximum absolute atomic E-state index is 6.15. The molecule has 3 N–H and O–H groups in total. The van der Waals surface area contributed by atoms with Crippen LogP contribution in [0, 0.1) is 11.8 Å². The van der Waals surface area contributed by atoms with Gasteiger partial charge in [0.25, 0.3) is 0 Å². The number of aromatic nitrogens is 1. The first-order valence-corrected chi connectivity index (χ1v) is 9.47. The standard InChI is InChI=1S/C20H26BrN3/c1-3-4-6-10-16-13-18-15(9-7-5-8-11-23-2)12-17(21)14-19(18)24-20(16)22/h12-14,23H,3-6,8,10-11H2,1-2H3,(H2,22,24). The minimum atomic E-state index is 0.643. The molecule has 0 saturated carbocycles. The molecule has 0 atom stereocenters. The number of pyridine rings is 1. The number of fused-ring (bicyclic) bond motifs is 1. The Balaban J connectivity index is 2.33. The third-order valence-corrected chi connectivity index (χ3v) is 4.47. The molecule has 3 nitrogen and oxygen atoms in total. The molecule has 0 bridgehead atoms. The van der Waals surface area contributed by atoms with Crippen molar-refractivity contribution in [2.45, 2.75) is 45.4 Å². The quantitative estimate of drug-likeness (QED) is 0.536. The van der Waals surface area contributed by atoms with Gasteiger partial charge in [-0.3, -0.25) is 0 Å². The van der Waals surface area contributed by atoms with Gasteiger partial charge in [0, 0.05) is 21.8 Å². The number of halogens is 1. The van der Waals surface area contributed by atoms with Crippen LogP contribution in [-0.2, 0) is 6.42 Å². The maximum atomic E-state index is 6.15. The van der Waals surface area contributed by atoms with Crippen molar-refractivity contribution in [1.29, 1.82) is 0 Å². The van der Waals surface area contributed by atoms with Gasteiger partial charge in [-0.1, -0.05) is 47.5 Å². The Morgan fingerprint density at radius 1 is 1.21 bits per heavy atom. The normalized spacial score (nSPS) is 10.6. The second-order valence-electron chi connectivity index (χ2n) is 6.02. The fourth-order valence-electron chi connectivity index (χ4n) is 2.68. The fraction of sp³-hybridized carbons (Fsp3) is 0.450. The first-order chi connectivity index (χ1) is 11.7. The molecule has 4 heteroatoms. The SMILES string of the molecule is CCCCCc1cc2c(C#CCCCNC)cc(Br)cc2nc1N. The number of nitrogens with zero attached hydrogens (tertiary/aromatic N) is 1. The van der Waals surface area contributed by atoms with Crippen LogP contribution in [0.15, 0.2) is 22.7 Å². The molecular weight excluding hydrogens is 362 g/mol. The Bertz CT molecular complexity index is 744. The average Bonchev–Trinajstić information content (AvgIpc) is 2.55. The van der Waals surface area contributed by atoms with E-state index in [1.165, 1.54) is 12.8 Å². The summed E-state index contributed by atoms with van der Waals surface area (Å²) in [6.45, 7) is 3.20. The zero-order valence-corrected chi connectivity index (χ0v) is 16.2. The van der Waals surface area contributed by atoms with Crippen molar-refractivity contribution in [2.75, 3.05) is 19.3 Å². The summed E-state index contributed by atoms with van der Waals surface area (Å²) in [4.78, 5) is 4.60. The molecule has 1 aromatic heterocycles. The second-order valence-corrected chi connectivity index (χ2v) is 6.93. The van der Waals surface area contributed by atoms with Gasteiger partial charge in [-0.15, -0.1) is 0 Å². The molecule has 0 fully saturated rings. The van der Waals surface area contributed by atoms with Gasteiger partial charge in [0.05, 0.1) is 5.52 Å². The lowest BCUT2D eigenvalue weighted by molar-refractivity contribution is 0.718. The van der Waals surface area contributed by atoms with Crippen LogP contribution < -0.4 is 11.1 Å². The number of aryl methyl sites for hydroxylation is 1. The predicted octanol–water partition coefficient (Wildman–Crippen LogP) is 4.66. The molecule has 0 spiro atoms. The molecule has 0 saturated heterocycles. The largest absolute Gasteiger partial charge is 0.383 e. The summed E-state index contributed by atoms with van der Waals surface area (Å²) in [7, 11) is 1.96. The third-order valence-electron chi connectivity index (χ3n) is 4.01. The molecule has 24 heavy (non-hydrogen) atoms. The summed E-state index contributed by atoms with van der Waals surface area (Å²) in [5.74, 6) is 7.23. The number of rotatable bonds is 7. The van der Waals surface area contributed by atoms with E-state index < -0.39 is 0 Å². The number of unbranched alkanes of at least 4 members (excludes halogenated alkanes) is 3. The Labute approximate surface area is 153 Å². The molecule has 2 aromatic rings. The highest BCUT2D eigenvalue weighted by Crippen LogP contribution is 2.26. The van der Waals surface area contributed by atoms with Crippen LogP contribution in [0.1, 0.15) is 50.2 Å². The van der Waals surface area contributed by atoms with Crippen LogP contribution in [0.2, 0.25) is 0 Å². The van der Waals surface area contributed by atoms with E-state index in [4.69, 9.17) is 5.73 Å². The molecule has 0 aliphatic rings. The number of benzene rings is 1. The zero-order chi connectivity index (χ0) is 17.4. The second kappa shape index (κ2) is 9.66. The number of anilines is 1. The Morgan fingerprint density at radius 3 is 2.79 bits per heavy atom. The Hall–Kier alpha value is -1.57. The molecule has 0 aliphatic carbocycles. The molecular formula is C20H26BrN3. The van der Waals surface area contributed by atoms with Gasteiger partial charge in [0.1, 0.15) is 5.82 Å². The van der Waals surface area contributed by atoms with Crippen molar-refractivity contribution in [1.82, 2.24) is 10.3 Å². The van der Waals surface area contributed by atoms with Crippen molar-refractivity contribution in [3.63, 3.8) is 0 Å². The van der Waals surface area contributed by atoms with E-state index in [0.717, 1.165) is 58.7 Å². The molecule has 1 heterocycles. The van der Waals surface area contributed by atoms with Gasteiger partial charge in [0.15, 0.2) is 0 Å². The lowest BCUT2D eigenvalue weighted by Gasteiger charge is -2.09. The van der Waals surface area contributed by atoms with Crippen molar-refractivity contribution in [3.8, 4) is 11.8 Å². The highest BCUT2D eigenvalue weighted by Gasteiger charge is 2.08. The molecule has 0 amide bonds. The number of hydrogen-bond acceptors (Lipinski definition) is 3. The summed E-state index contributed by atoms with van der Waals surface area (Å²) in [6.07, 6.45) is 6.50. The van der Waals surface area contributed by atoms with Crippen LogP contribution in [0.4, 0.5) is 5.82 Å². The van der Waals surface area contributed by atoms with E-state index in [0.29, 0.717) is 5.82 Å². The van der Waals surface area contributed by atoms with Crippen LogP contribution in [0.3, 0.4) is 0 Å². The van der Waals surface area contributed by atoms with Gasteiger partial charge in [0.2, 0.25) is 0 Å². The van der Waals surface area contributed by atoms with Gasteiger partial charge in [-0.2, -0.15) is 0 Å². The third kappa shape index (κ3) is 5.22. The Morgan fingerprint density at radius 2 is 2.04 bits per heavy atom. The molecule has 128 valence electrons. The smallest absolute Gasteiger partial charge is 0.127 e. The minimum Gasteiger partial charge on any atom is -0.383 e.